The Morgan fingerprint density at radius 3 is 2.40 bits per heavy atom. The zero-order chi connectivity index (χ0) is 7.82. The number of allylic oxidation sites excluding steroid dienone is 3. The van der Waals surface area contributed by atoms with Crippen LogP contribution in [0.5, 0.6) is 0 Å². The van der Waals surface area contributed by atoms with Crippen molar-refractivity contribution in [3.8, 4) is 0 Å². The second-order valence-electron chi connectivity index (χ2n) is 2.35. The molecule has 58 valence electrons. The van der Waals surface area contributed by atoms with Gasteiger partial charge in [-0.1, -0.05) is 31.2 Å². The molecule has 0 aromatic heterocycles. The highest BCUT2D eigenvalue weighted by Gasteiger charge is 1.86. The van der Waals surface area contributed by atoms with Crippen molar-refractivity contribution in [1.29, 1.82) is 0 Å². The van der Waals surface area contributed by atoms with Gasteiger partial charge in [0.25, 0.3) is 0 Å². The van der Waals surface area contributed by atoms with Crippen LogP contribution in [0, 0.1) is 0 Å². The molecule has 0 aromatic carbocycles. The quantitative estimate of drug-likeness (QED) is 0.594. The lowest BCUT2D eigenvalue weighted by Gasteiger charge is -1.94. The zero-order valence-electron chi connectivity index (χ0n) is 6.75. The molecule has 1 N–H and O–H groups in total. The second-order valence-corrected chi connectivity index (χ2v) is 2.35. The van der Waals surface area contributed by atoms with E-state index in [1.807, 2.05) is 18.2 Å². The van der Waals surface area contributed by atoms with Crippen LogP contribution in [-0.4, -0.2) is 11.2 Å². The molecule has 1 unspecified atom stereocenters. The maximum absolute atomic E-state index is 8.83. The fourth-order valence-electron chi connectivity index (χ4n) is 0.569. The summed E-state index contributed by atoms with van der Waals surface area (Å²) in [4.78, 5) is 0. The average Bonchev–Trinajstić information content (AvgIpc) is 1.87. The number of aliphatic hydroxyl groups excluding tert-OH is 1. The molecular weight excluding hydrogens is 124 g/mol. The highest BCUT2D eigenvalue weighted by molar-refractivity contribution is 5.02. The van der Waals surface area contributed by atoms with Gasteiger partial charge in [-0.05, 0) is 19.8 Å². The SMILES string of the molecule is CC/C=C\C=C/CC(C)O. The fraction of sp³-hybridized carbons (Fsp3) is 0.556. The maximum Gasteiger partial charge on any atom is 0.0546 e. The lowest BCUT2D eigenvalue weighted by atomic mass is 10.2. The monoisotopic (exact) mass is 140 g/mol. The van der Waals surface area contributed by atoms with Crippen LogP contribution in [0.2, 0.25) is 0 Å². The summed E-state index contributed by atoms with van der Waals surface area (Å²) in [6.45, 7) is 3.88. The molecule has 0 aliphatic heterocycles. The largest absolute Gasteiger partial charge is 0.393 e. The lowest BCUT2D eigenvalue weighted by Crippen LogP contribution is -1.94. The van der Waals surface area contributed by atoms with E-state index in [0.717, 1.165) is 12.8 Å². The third kappa shape index (κ3) is 7.44. The van der Waals surface area contributed by atoms with Gasteiger partial charge in [-0.15, -0.1) is 0 Å². The van der Waals surface area contributed by atoms with Gasteiger partial charge in [0.05, 0.1) is 6.10 Å². The molecule has 0 aromatic rings. The van der Waals surface area contributed by atoms with Gasteiger partial charge in [0.1, 0.15) is 0 Å². The van der Waals surface area contributed by atoms with Crippen molar-refractivity contribution in [2.75, 3.05) is 0 Å². The van der Waals surface area contributed by atoms with Gasteiger partial charge in [-0.3, -0.25) is 0 Å². The number of aliphatic hydroxyl groups is 1. The molecule has 0 radical (unpaired) electrons. The van der Waals surface area contributed by atoms with Crippen molar-refractivity contribution in [3.05, 3.63) is 24.3 Å². The first kappa shape index (κ1) is 9.44. The van der Waals surface area contributed by atoms with E-state index in [2.05, 4.69) is 13.0 Å². The minimum atomic E-state index is -0.216. The van der Waals surface area contributed by atoms with E-state index < -0.39 is 0 Å². The van der Waals surface area contributed by atoms with E-state index in [9.17, 15) is 0 Å². The Labute approximate surface area is 63.1 Å². The van der Waals surface area contributed by atoms with E-state index in [-0.39, 0.29) is 6.10 Å². The van der Waals surface area contributed by atoms with Crippen molar-refractivity contribution < 1.29 is 5.11 Å². The maximum atomic E-state index is 8.83. The molecule has 1 nitrogen and oxygen atoms in total. The minimum Gasteiger partial charge on any atom is -0.393 e. The standard InChI is InChI=1S/C9H16O/c1-3-4-5-6-7-8-9(2)10/h4-7,9-10H,3,8H2,1-2H3/b5-4-,7-6-. The van der Waals surface area contributed by atoms with Crippen LogP contribution in [-0.2, 0) is 0 Å². The van der Waals surface area contributed by atoms with E-state index in [1.54, 1.807) is 6.92 Å². The van der Waals surface area contributed by atoms with E-state index in [4.69, 9.17) is 5.11 Å². The summed E-state index contributed by atoms with van der Waals surface area (Å²) >= 11 is 0. The Hall–Kier alpha value is -0.560. The van der Waals surface area contributed by atoms with Crippen molar-refractivity contribution in [3.63, 3.8) is 0 Å². The van der Waals surface area contributed by atoms with Crippen LogP contribution in [0.4, 0.5) is 0 Å². The average molecular weight is 140 g/mol. The third-order valence-corrected chi connectivity index (χ3v) is 1.10. The smallest absolute Gasteiger partial charge is 0.0546 e. The molecule has 10 heavy (non-hydrogen) atoms. The van der Waals surface area contributed by atoms with Crippen LogP contribution < -0.4 is 0 Å². The van der Waals surface area contributed by atoms with Crippen LogP contribution >= 0.6 is 0 Å². The third-order valence-electron chi connectivity index (χ3n) is 1.10. The molecule has 1 heteroatoms. The molecule has 0 spiro atoms. The summed E-state index contributed by atoms with van der Waals surface area (Å²) in [5.41, 5.74) is 0. The molecule has 0 saturated carbocycles. The van der Waals surface area contributed by atoms with Crippen LogP contribution in [0.25, 0.3) is 0 Å². The summed E-state index contributed by atoms with van der Waals surface area (Å²) < 4.78 is 0. The first-order chi connectivity index (χ1) is 4.77. The van der Waals surface area contributed by atoms with Crippen molar-refractivity contribution in [1.82, 2.24) is 0 Å². The van der Waals surface area contributed by atoms with Gasteiger partial charge >= 0.3 is 0 Å². The molecule has 0 bridgehead atoms. The van der Waals surface area contributed by atoms with Crippen LogP contribution in [0.15, 0.2) is 24.3 Å². The Morgan fingerprint density at radius 2 is 1.90 bits per heavy atom. The van der Waals surface area contributed by atoms with Gasteiger partial charge in [-0.2, -0.15) is 0 Å². The summed E-state index contributed by atoms with van der Waals surface area (Å²) in [6, 6.07) is 0. The minimum absolute atomic E-state index is 0.216. The molecule has 0 fully saturated rings. The van der Waals surface area contributed by atoms with Gasteiger partial charge < -0.3 is 5.11 Å². The molecule has 0 saturated heterocycles. The highest BCUT2D eigenvalue weighted by Crippen LogP contribution is 1.91. The lowest BCUT2D eigenvalue weighted by molar-refractivity contribution is 0.198. The normalized spacial score (nSPS) is 15.1. The van der Waals surface area contributed by atoms with Crippen molar-refractivity contribution >= 4 is 0 Å². The number of hydrogen-bond donors (Lipinski definition) is 1. The Balaban J connectivity index is 3.28. The molecule has 0 heterocycles. The molecule has 0 rings (SSSR count). The molecule has 0 amide bonds. The predicted octanol–water partition coefficient (Wildman–Crippen LogP) is 2.28. The molecule has 0 aliphatic carbocycles. The van der Waals surface area contributed by atoms with Gasteiger partial charge in [0, 0.05) is 0 Å². The molecular formula is C9H16O. The van der Waals surface area contributed by atoms with Gasteiger partial charge in [0.15, 0.2) is 0 Å². The van der Waals surface area contributed by atoms with Gasteiger partial charge in [-0.25, -0.2) is 0 Å². The van der Waals surface area contributed by atoms with Crippen molar-refractivity contribution in [2.45, 2.75) is 32.8 Å². The van der Waals surface area contributed by atoms with E-state index >= 15 is 0 Å². The summed E-state index contributed by atoms with van der Waals surface area (Å²) in [7, 11) is 0. The summed E-state index contributed by atoms with van der Waals surface area (Å²) in [5, 5.41) is 8.83. The predicted molar refractivity (Wildman–Crippen MR) is 44.9 cm³/mol. The van der Waals surface area contributed by atoms with E-state index in [0.29, 0.717) is 0 Å². The fourth-order valence-corrected chi connectivity index (χ4v) is 0.569. The summed E-state index contributed by atoms with van der Waals surface area (Å²) in [6.07, 6.45) is 9.62. The molecule has 1 atom stereocenters. The van der Waals surface area contributed by atoms with Crippen LogP contribution in [0.1, 0.15) is 26.7 Å². The van der Waals surface area contributed by atoms with E-state index in [1.165, 1.54) is 0 Å². The zero-order valence-corrected chi connectivity index (χ0v) is 6.75. The molecule has 0 aliphatic rings. The number of hydrogen-bond acceptors (Lipinski definition) is 1. The highest BCUT2D eigenvalue weighted by atomic mass is 16.3. The second kappa shape index (κ2) is 6.56. The topological polar surface area (TPSA) is 20.2 Å². The first-order valence-corrected chi connectivity index (χ1v) is 3.77. The first-order valence-electron chi connectivity index (χ1n) is 3.77. The Kier molecular flexibility index (Phi) is 6.19. The summed E-state index contributed by atoms with van der Waals surface area (Å²) in [5.74, 6) is 0. The number of rotatable bonds is 4. The van der Waals surface area contributed by atoms with Crippen LogP contribution in [0.3, 0.4) is 0 Å². The Morgan fingerprint density at radius 1 is 1.30 bits per heavy atom. The van der Waals surface area contributed by atoms with Gasteiger partial charge in [0.2, 0.25) is 0 Å². The van der Waals surface area contributed by atoms with Crippen molar-refractivity contribution in [2.24, 2.45) is 0 Å². The Bertz CT molecular complexity index is 112.